The Morgan fingerprint density at radius 2 is 1.73 bits per heavy atom. The van der Waals surface area contributed by atoms with Crippen LogP contribution in [0.4, 0.5) is 0 Å². The monoisotopic (exact) mass is 160 g/mol. The predicted octanol–water partition coefficient (Wildman–Crippen LogP) is 0.818. The minimum atomic E-state index is -1.06. The zero-order chi connectivity index (χ0) is 9.02. The van der Waals surface area contributed by atoms with E-state index in [1.54, 1.807) is 13.8 Å². The maximum atomic E-state index is 10.4. The fraction of sp³-hybridized carbons (Fsp3) is 0.714. The van der Waals surface area contributed by atoms with Crippen molar-refractivity contribution in [2.24, 2.45) is 11.8 Å². The van der Waals surface area contributed by atoms with E-state index in [0.29, 0.717) is 0 Å². The molecule has 0 aromatic rings. The largest absolute Gasteiger partial charge is 0.481 e. The number of carboxylic acids is 2. The maximum Gasteiger partial charge on any atom is 0.307 e. The minimum absolute atomic E-state index is 0.136. The Balaban J connectivity index is 4.12. The summed E-state index contributed by atoms with van der Waals surface area (Å²) >= 11 is 0. The highest BCUT2D eigenvalue weighted by atomic mass is 16.4. The maximum absolute atomic E-state index is 10.4. The van der Waals surface area contributed by atoms with Crippen LogP contribution in [0.2, 0.25) is 0 Å². The third-order valence-corrected chi connectivity index (χ3v) is 1.52. The predicted molar refractivity (Wildman–Crippen MR) is 38.2 cm³/mol. The van der Waals surface area contributed by atoms with Crippen molar-refractivity contribution in [2.75, 3.05) is 0 Å². The van der Waals surface area contributed by atoms with Gasteiger partial charge in [-0.3, -0.25) is 9.59 Å². The molecule has 0 rings (SSSR count). The molecule has 1 unspecified atom stereocenters. The van der Waals surface area contributed by atoms with Gasteiger partial charge in [-0.15, -0.1) is 0 Å². The first-order valence-electron chi connectivity index (χ1n) is 3.39. The second kappa shape index (κ2) is 3.95. The van der Waals surface area contributed by atoms with Crippen molar-refractivity contribution in [1.82, 2.24) is 0 Å². The molecule has 0 fully saturated rings. The zero-order valence-corrected chi connectivity index (χ0v) is 6.57. The lowest BCUT2D eigenvalue weighted by atomic mass is 9.93. The van der Waals surface area contributed by atoms with E-state index >= 15 is 0 Å². The molecule has 4 heteroatoms. The van der Waals surface area contributed by atoms with Gasteiger partial charge in [-0.25, -0.2) is 0 Å². The van der Waals surface area contributed by atoms with Gasteiger partial charge in [0.1, 0.15) is 0 Å². The highest BCUT2D eigenvalue weighted by Gasteiger charge is 2.23. The summed E-state index contributed by atoms with van der Waals surface area (Å²) in [5.74, 6) is -3.01. The van der Waals surface area contributed by atoms with E-state index in [-0.39, 0.29) is 12.3 Å². The topological polar surface area (TPSA) is 74.6 Å². The van der Waals surface area contributed by atoms with Gasteiger partial charge in [0.2, 0.25) is 0 Å². The third-order valence-electron chi connectivity index (χ3n) is 1.52. The highest BCUT2D eigenvalue weighted by molar-refractivity contribution is 5.77. The lowest BCUT2D eigenvalue weighted by molar-refractivity contribution is -0.149. The van der Waals surface area contributed by atoms with Gasteiger partial charge in [-0.1, -0.05) is 13.8 Å². The Hall–Kier alpha value is -1.06. The van der Waals surface area contributed by atoms with Crippen molar-refractivity contribution >= 4 is 11.9 Å². The molecule has 0 spiro atoms. The van der Waals surface area contributed by atoms with Crippen LogP contribution in [0.25, 0.3) is 0 Å². The van der Waals surface area contributed by atoms with E-state index in [1.165, 1.54) is 0 Å². The van der Waals surface area contributed by atoms with Crippen LogP contribution in [-0.4, -0.2) is 22.2 Å². The summed E-state index contributed by atoms with van der Waals surface area (Å²) in [7, 11) is 0. The van der Waals surface area contributed by atoms with Gasteiger partial charge in [0, 0.05) is 0 Å². The average molecular weight is 160 g/mol. The molecule has 0 aliphatic carbocycles. The summed E-state index contributed by atoms with van der Waals surface area (Å²) in [4.78, 5) is 20.6. The Morgan fingerprint density at radius 3 is 1.82 bits per heavy atom. The van der Waals surface area contributed by atoms with Crippen LogP contribution in [0.15, 0.2) is 0 Å². The third kappa shape index (κ3) is 3.60. The Kier molecular flexibility index (Phi) is 3.57. The summed E-state index contributed by atoms with van der Waals surface area (Å²) < 4.78 is 0. The number of carbonyl (C=O) groups is 2. The Bertz CT molecular complexity index is 162. The second-order valence-corrected chi connectivity index (χ2v) is 2.79. The Morgan fingerprint density at radius 1 is 1.27 bits per heavy atom. The fourth-order valence-electron chi connectivity index (χ4n) is 0.796. The van der Waals surface area contributed by atoms with Crippen molar-refractivity contribution in [1.29, 1.82) is 0 Å². The van der Waals surface area contributed by atoms with Crippen molar-refractivity contribution in [2.45, 2.75) is 20.3 Å². The minimum Gasteiger partial charge on any atom is -0.481 e. The van der Waals surface area contributed by atoms with Crippen molar-refractivity contribution in [3.8, 4) is 0 Å². The van der Waals surface area contributed by atoms with Crippen LogP contribution in [0.3, 0.4) is 0 Å². The molecule has 0 heterocycles. The molecular formula is C7H12O4. The molecule has 4 nitrogen and oxygen atoms in total. The molecule has 0 aliphatic rings. The fourth-order valence-corrected chi connectivity index (χ4v) is 0.796. The van der Waals surface area contributed by atoms with E-state index in [9.17, 15) is 9.59 Å². The standard InChI is InChI=1S/C7H12O4/c1-4(2)5(7(10)11)3-6(8)9/h4-5H,3H2,1-2H3,(H,8,9)(H,10,11). The van der Waals surface area contributed by atoms with Gasteiger partial charge in [0.25, 0.3) is 0 Å². The van der Waals surface area contributed by atoms with Crippen LogP contribution < -0.4 is 0 Å². The van der Waals surface area contributed by atoms with Crippen LogP contribution >= 0.6 is 0 Å². The van der Waals surface area contributed by atoms with Crippen molar-refractivity contribution < 1.29 is 19.8 Å². The number of aliphatic carboxylic acids is 2. The number of rotatable bonds is 4. The molecule has 0 aliphatic heterocycles. The summed E-state index contributed by atoms with van der Waals surface area (Å²) in [6, 6.07) is 0. The molecule has 0 saturated carbocycles. The van der Waals surface area contributed by atoms with Crippen LogP contribution in [0.1, 0.15) is 20.3 Å². The normalized spacial score (nSPS) is 13.0. The lowest BCUT2D eigenvalue weighted by Gasteiger charge is -2.12. The Labute approximate surface area is 64.8 Å². The van der Waals surface area contributed by atoms with Crippen LogP contribution in [0, 0.1) is 11.8 Å². The summed E-state index contributed by atoms with van der Waals surface area (Å²) in [6.07, 6.45) is -0.299. The molecule has 0 aromatic heterocycles. The van der Waals surface area contributed by atoms with Crippen molar-refractivity contribution in [3.63, 3.8) is 0 Å². The van der Waals surface area contributed by atoms with Gasteiger partial charge in [0.05, 0.1) is 12.3 Å². The summed E-state index contributed by atoms with van der Waals surface area (Å²) in [6.45, 7) is 3.39. The molecule has 0 radical (unpaired) electrons. The smallest absolute Gasteiger partial charge is 0.307 e. The first-order valence-corrected chi connectivity index (χ1v) is 3.39. The summed E-state index contributed by atoms with van der Waals surface area (Å²) in [5.41, 5.74) is 0. The quantitative estimate of drug-likeness (QED) is 0.638. The molecule has 0 amide bonds. The molecule has 0 aromatic carbocycles. The van der Waals surface area contributed by atoms with E-state index in [1.807, 2.05) is 0 Å². The van der Waals surface area contributed by atoms with Gasteiger partial charge >= 0.3 is 11.9 Å². The SMILES string of the molecule is CC(C)C(CC(=O)O)C(=O)O. The molecule has 0 saturated heterocycles. The average Bonchev–Trinajstić information content (AvgIpc) is 1.81. The molecular weight excluding hydrogens is 148 g/mol. The first kappa shape index (κ1) is 9.94. The van der Waals surface area contributed by atoms with Crippen LogP contribution in [-0.2, 0) is 9.59 Å². The van der Waals surface area contributed by atoms with E-state index in [2.05, 4.69) is 0 Å². The number of hydrogen-bond acceptors (Lipinski definition) is 2. The molecule has 2 N–H and O–H groups in total. The molecule has 1 atom stereocenters. The van der Waals surface area contributed by atoms with E-state index in [0.717, 1.165) is 0 Å². The summed E-state index contributed by atoms with van der Waals surface area (Å²) in [5, 5.41) is 16.8. The van der Waals surface area contributed by atoms with Crippen molar-refractivity contribution in [3.05, 3.63) is 0 Å². The first-order chi connectivity index (χ1) is 4.95. The zero-order valence-electron chi connectivity index (χ0n) is 6.57. The highest BCUT2D eigenvalue weighted by Crippen LogP contribution is 2.14. The molecule has 0 bridgehead atoms. The molecule has 64 valence electrons. The van der Waals surface area contributed by atoms with Gasteiger partial charge < -0.3 is 10.2 Å². The lowest BCUT2D eigenvalue weighted by Crippen LogP contribution is -2.22. The number of carboxylic acid groups (broad SMARTS) is 2. The van der Waals surface area contributed by atoms with Crippen LogP contribution in [0.5, 0.6) is 0 Å². The number of hydrogen-bond donors (Lipinski definition) is 2. The second-order valence-electron chi connectivity index (χ2n) is 2.79. The van der Waals surface area contributed by atoms with E-state index < -0.39 is 17.9 Å². The van der Waals surface area contributed by atoms with Gasteiger partial charge in [-0.2, -0.15) is 0 Å². The van der Waals surface area contributed by atoms with E-state index in [4.69, 9.17) is 10.2 Å². The molecule has 11 heavy (non-hydrogen) atoms. The van der Waals surface area contributed by atoms with Gasteiger partial charge in [-0.05, 0) is 5.92 Å². The van der Waals surface area contributed by atoms with Gasteiger partial charge in [0.15, 0.2) is 0 Å².